The molecule has 20 heavy (non-hydrogen) atoms. The zero-order chi connectivity index (χ0) is 14.5. The molecule has 0 radical (unpaired) electrons. The van der Waals surface area contributed by atoms with Crippen LogP contribution in [0.1, 0.15) is 21.5 Å². The van der Waals surface area contributed by atoms with Crippen LogP contribution in [0.3, 0.4) is 0 Å². The lowest BCUT2D eigenvalue weighted by Gasteiger charge is -2.08. The highest BCUT2D eigenvalue weighted by Gasteiger charge is 2.09. The highest BCUT2D eigenvalue weighted by Crippen LogP contribution is 2.18. The first-order valence-electron chi connectivity index (χ1n) is 6.45. The topological polar surface area (TPSA) is 55.1 Å². The van der Waals surface area contributed by atoms with Gasteiger partial charge in [-0.05, 0) is 37.1 Å². The average Bonchev–Trinajstić information content (AvgIpc) is 2.41. The maximum Gasteiger partial charge on any atom is 0.253 e. The third kappa shape index (κ3) is 3.84. The lowest BCUT2D eigenvalue weighted by atomic mass is 10.1. The van der Waals surface area contributed by atoms with Crippen LogP contribution in [0.25, 0.3) is 0 Å². The molecule has 2 aromatic rings. The quantitative estimate of drug-likeness (QED) is 0.844. The molecule has 0 atom stereocenters. The van der Waals surface area contributed by atoms with E-state index in [0.29, 0.717) is 17.8 Å². The molecule has 0 aliphatic rings. The predicted octanol–water partition coefficient (Wildman–Crippen LogP) is 3.31. The predicted molar refractivity (Wildman–Crippen MR) is 85.8 cm³/mol. The molecule has 0 heterocycles. The number of anilines is 1. The first-order valence-corrected chi connectivity index (χ1v) is 7.24. The lowest BCUT2D eigenvalue weighted by Crippen LogP contribution is -2.26. The normalized spacial score (nSPS) is 10.3. The summed E-state index contributed by atoms with van der Waals surface area (Å²) in [6, 6.07) is 13.5. The second kappa shape index (κ2) is 6.57. The minimum absolute atomic E-state index is 0.142. The van der Waals surface area contributed by atoms with Crippen molar-refractivity contribution in [1.82, 2.24) is 5.32 Å². The minimum Gasteiger partial charge on any atom is -0.398 e. The molecule has 0 saturated carbocycles. The van der Waals surface area contributed by atoms with E-state index in [1.807, 2.05) is 12.1 Å². The molecular weight excluding hydrogens is 316 g/mol. The maximum absolute atomic E-state index is 12.1. The molecule has 2 rings (SSSR count). The second-order valence-electron chi connectivity index (χ2n) is 4.73. The van der Waals surface area contributed by atoms with E-state index in [2.05, 4.69) is 46.4 Å². The number of carbonyl (C=O) groups is 1. The van der Waals surface area contributed by atoms with Crippen molar-refractivity contribution in [3.63, 3.8) is 0 Å². The lowest BCUT2D eigenvalue weighted by molar-refractivity contribution is 0.0955. The highest BCUT2D eigenvalue weighted by atomic mass is 79.9. The second-order valence-corrected chi connectivity index (χ2v) is 5.64. The number of halogens is 1. The van der Waals surface area contributed by atoms with Crippen molar-refractivity contribution in [3.8, 4) is 0 Å². The molecule has 0 unspecified atom stereocenters. The van der Waals surface area contributed by atoms with Crippen LogP contribution in [0.4, 0.5) is 5.69 Å². The van der Waals surface area contributed by atoms with Crippen LogP contribution in [0.15, 0.2) is 46.9 Å². The van der Waals surface area contributed by atoms with Crippen molar-refractivity contribution in [2.45, 2.75) is 13.3 Å². The molecule has 0 fully saturated rings. The fraction of sp³-hybridized carbons (Fsp3) is 0.188. The van der Waals surface area contributed by atoms with Crippen molar-refractivity contribution < 1.29 is 4.79 Å². The Bertz CT molecular complexity index is 626. The number of benzene rings is 2. The summed E-state index contributed by atoms with van der Waals surface area (Å²) in [6.07, 6.45) is 0.807. The van der Waals surface area contributed by atoms with Crippen molar-refractivity contribution in [3.05, 3.63) is 63.6 Å². The van der Waals surface area contributed by atoms with E-state index in [1.54, 1.807) is 12.1 Å². The molecule has 0 bridgehead atoms. The number of nitrogens with two attached hydrogens (primary N) is 1. The Balaban J connectivity index is 1.94. The van der Waals surface area contributed by atoms with Crippen molar-refractivity contribution in [1.29, 1.82) is 0 Å². The van der Waals surface area contributed by atoms with Crippen LogP contribution in [0, 0.1) is 6.92 Å². The van der Waals surface area contributed by atoms with Gasteiger partial charge in [0.25, 0.3) is 5.91 Å². The molecule has 4 heteroatoms. The van der Waals surface area contributed by atoms with Gasteiger partial charge in [0.05, 0.1) is 5.56 Å². The third-order valence-corrected chi connectivity index (χ3v) is 3.53. The van der Waals surface area contributed by atoms with Gasteiger partial charge in [-0.1, -0.05) is 45.8 Å². The number of hydrogen-bond acceptors (Lipinski definition) is 2. The average molecular weight is 333 g/mol. The summed E-state index contributed by atoms with van der Waals surface area (Å²) in [4.78, 5) is 12.1. The Morgan fingerprint density at radius 2 is 2.05 bits per heavy atom. The summed E-state index contributed by atoms with van der Waals surface area (Å²) < 4.78 is 0.843. The Labute approximate surface area is 127 Å². The number of rotatable bonds is 4. The smallest absolute Gasteiger partial charge is 0.253 e. The fourth-order valence-electron chi connectivity index (χ4n) is 2.01. The van der Waals surface area contributed by atoms with E-state index in [1.165, 1.54) is 11.1 Å². The summed E-state index contributed by atoms with van der Waals surface area (Å²) in [5.74, 6) is -0.142. The summed E-state index contributed by atoms with van der Waals surface area (Å²) in [7, 11) is 0. The molecule has 3 N–H and O–H groups in total. The molecule has 0 aliphatic carbocycles. The Kier molecular flexibility index (Phi) is 4.79. The monoisotopic (exact) mass is 332 g/mol. The summed E-state index contributed by atoms with van der Waals surface area (Å²) in [6.45, 7) is 2.65. The van der Waals surface area contributed by atoms with E-state index in [0.717, 1.165) is 10.9 Å². The number of hydrogen-bond donors (Lipinski definition) is 2. The fourth-order valence-corrected chi connectivity index (χ4v) is 2.37. The van der Waals surface area contributed by atoms with E-state index >= 15 is 0 Å². The molecule has 3 nitrogen and oxygen atoms in total. The van der Waals surface area contributed by atoms with Gasteiger partial charge in [0.2, 0.25) is 0 Å². The number of nitrogen functional groups attached to an aromatic ring is 1. The molecule has 104 valence electrons. The molecular formula is C16H17BrN2O. The number of carbonyl (C=O) groups excluding carboxylic acids is 1. The molecule has 0 saturated heterocycles. The third-order valence-electron chi connectivity index (χ3n) is 3.04. The first-order chi connectivity index (χ1) is 9.56. The largest absolute Gasteiger partial charge is 0.398 e. The molecule has 0 spiro atoms. The zero-order valence-electron chi connectivity index (χ0n) is 11.3. The van der Waals surface area contributed by atoms with Gasteiger partial charge in [-0.2, -0.15) is 0 Å². The number of amides is 1. The Hall–Kier alpha value is -1.81. The van der Waals surface area contributed by atoms with Crippen molar-refractivity contribution in [2.75, 3.05) is 12.3 Å². The van der Waals surface area contributed by atoms with Crippen LogP contribution >= 0.6 is 15.9 Å². The van der Waals surface area contributed by atoms with Gasteiger partial charge in [-0.15, -0.1) is 0 Å². The number of aryl methyl sites for hydroxylation is 1. The standard InChI is InChI=1S/C16H17BrN2O/c1-11-3-2-4-12(9-11)7-8-19-16(20)14-10-13(17)5-6-15(14)18/h2-6,9-10H,7-8,18H2,1H3,(H,19,20). The summed E-state index contributed by atoms with van der Waals surface area (Å²) in [5.41, 5.74) is 9.24. The van der Waals surface area contributed by atoms with Crippen LogP contribution in [0.5, 0.6) is 0 Å². The molecule has 1 amide bonds. The highest BCUT2D eigenvalue weighted by molar-refractivity contribution is 9.10. The van der Waals surface area contributed by atoms with Crippen molar-refractivity contribution in [2.24, 2.45) is 0 Å². The van der Waals surface area contributed by atoms with Gasteiger partial charge in [0.1, 0.15) is 0 Å². The van der Waals surface area contributed by atoms with Gasteiger partial charge in [0.15, 0.2) is 0 Å². The van der Waals surface area contributed by atoms with E-state index in [9.17, 15) is 4.79 Å². The molecule has 2 aromatic carbocycles. The Morgan fingerprint density at radius 3 is 2.80 bits per heavy atom. The molecule has 0 aliphatic heterocycles. The van der Waals surface area contributed by atoms with Gasteiger partial charge in [-0.25, -0.2) is 0 Å². The van der Waals surface area contributed by atoms with Crippen LogP contribution in [-0.2, 0) is 6.42 Å². The number of nitrogens with one attached hydrogen (secondary N) is 1. The Morgan fingerprint density at radius 1 is 1.25 bits per heavy atom. The van der Waals surface area contributed by atoms with Crippen molar-refractivity contribution >= 4 is 27.5 Å². The molecule has 0 aromatic heterocycles. The summed E-state index contributed by atoms with van der Waals surface area (Å²) in [5, 5.41) is 2.90. The van der Waals surface area contributed by atoms with Crippen LogP contribution < -0.4 is 11.1 Å². The maximum atomic E-state index is 12.1. The van der Waals surface area contributed by atoms with Gasteiger partial charge < -0.3 is 11.1 Å². The zero-order valence-corrected chi connectivity index (χ0v) is 12.9. The van der Waals surface area contributed by atoms with Gasteiger partial charge >= 0.3 is 0 Å². The van der Waals surface area contributed by atoms with Gasteiger partial charge in [-0.3, -0.25) is 4.79 Å². The van der Waals surface area contributed by atoms with Crippen LogP contribution in [-0.4, -0.2) is 12.5 Å². The van der Waals surface area contributed by atoms with Crippen LogP contribution in [0.2, 0.25) is 0 Å². The summed E-state index contributed by atoms with van der Waals surface area (Å²) >= 11 is 3.34. The van der Waals surface area contributed by atoms with Gasteiger partial charge in [0, 0.05) is 16.7 Å². The minimum atomic E-state index is -0.142. The van der Waals surface area contributed by atoms with E-state index in [4.69, 9.17) is 5.73 Å². The van der Waals surface area contributed by atoms with E-state index < -0.39 is 0 Å². The van der Waals surface area contributed by atoms with E-state index in [-0.39, 0.29) is 5.91 Å². The SMILES string of the molecule is Cc1cccc(CCNC(=O)c2cc(Br)ccc2N)c1. The first kappa shape index (κ1) is 14.6.